The number of primary amides is 1. The minimum absolute atomic E-state index is 0.386. The molecule has 3 aromatic rings. The summed E-state index contributed by atoms with van der Waals surface area (Å²) in [6, 6.07) is 5.59. The molecular weight excluding hydrogens is 240 g/mol. The topological polar surface area (TPSA) is 87.6 Å². The lowest BCUT2D eigenvalue weighted by molar-refractivity contribution is 0.100. The van der Waals surface area contributed by atoms with Gasteiger partial charge in [-0.15, -0.1) is 0 Å². The number of aryl methyl sites for hydroxylation is 2. The zero-order valence-corrected chi connectivity index (χ0v) is 10.2. The number of hydrogen-bond acceptors (Lipinski definition) is 2. The van der Waals surface area contributed by atoms with Crippen LogP contribution >= 0.6 is 0 Å². The number of fused-ring (bicyclic) bond motifs is 5. The molecule has 1 aromatic carbocycles. The van der Waals surface area contributed by atoms with Crippen LogP contribution in [0.15, 0.2) is 24.4 Å². The summed E-state index contributed by atoms with van der Waals surface area (Å²) >= 11 is 0. The van der Waals surface area contributed by atoms with Crippen molar-refractivity contribution in [1.29, 1.82) is 0 Å². The van der Waals surface area contributed by atoms with Gasteiger partial charge in [0.2, 0.25) is 5.91 Å². The van der Waals surface area contributed by atoms with Crippen molar-refractivity contribution in [1.82, 2.24) is 15.2 Å². The summed E-state index contributed by atoms with van der Waals surface area (Å²) in [6.07, 6.45) is 3.68. The van der Waals surface area contributed by atoms with Crippen LogP contribution in [-0.2, 0) is 12.8 Å². The summed E-state index contributed by atoms with van der Waals surface area (Å²) < 4.78 is 0. The maximum absolute atomic E-state index is 11.6. The van der Waals surface area contributed by atoms with E-state index >= 15 is 0 Å². The number of aromatic amines is 2. The molecule has 2 aromatic heterocycles. The number of nitrogens with two attached hydrogens (primary N) is 1. The fourth-order valence-corrected chi connectivity index (χ4v) is 2.96. The van der Waals surface area contributed by atoms with Gasteiger partial charge in [0.05, 0.1) is 17.6 Å². The number of rotatable bonds is 1. The van der Waals surface area contributed by atoms with E-state index in [1.807, 2.05) is 18.3 Å². The Balaban J connectivity index is 2.11. The Morgan fingerprint density at radius 2 is 2.16 bits per heavy atom. The van der Waals surface area contributed by atoms with Crippen LogP contribution in [0.2, 0.25) is 0 Å². The van der Waals surface area contributed by atoms with E-state index in [0.29, 0.717) is 5.56 Å². The summed E-state index contributed by atoms with van der Waals surface area (Å²) in [4.78, 5) is 15.0. The Hall–Kier alpha value is -2.56. The first kappa shape index (κ1) is 10.4. The lowest BCUT2D eigenvalue weighted by Gasteiger charge is -2.11. The van der Waals surface area contributed by atoms with Gasteiger partial charge in [-0.2, -0.15) is 5.10 Å². The number of benzene rings is 1. The third kappa shape index (κ3) is 1.29. The molecule has 94 valence electrons. The van der Waals surface area contributed by atoms with Crippen LogP contribution in [0.25, 0.3) is 22.3 Å². The van der Waals surface area contributed by atoms with Crippen molar-refractivity contribution in [3.8, 4) is 11.4 Å². The molecule has 0 saturated heterocycles. The van der Waals surface area contributed by atoms with Gasteiger partial charge in [0.15, 0.2) is 0 Å². The lowest BCUT2D eigenvalue weighted by Crippen LogP contribution is -2.12. The van der Waals surface area contributed by atoms with Gasteiger partial charge in [-0.1, -0.05) is 6.07 Å². The minimum Gasteiger partial charge on any atom is -0.366 e. The Bertz CT molecular complexity index is 812. The van der Waals surface area contributed by atoms with Crippen LogP contribution in [0.1, 0.15) is 21.5 Å². The average Bonchev–Trinajstić information content (AvgIpc) is 3.01. The molecule has 0 radical (unpaired) electrons. The van der Waals surface area contributed by atoms with Gasteiger partial charge in [-0.05, 0) is 36.1 Å². The highest BCUT2D eigenvalue weighted by Crippen LogP contribution is 2.37. The van der Waals surface area contributed by atoms with E-state index in [1.54, 1.807) is 6.07 Å². The van der Waals surface area contributed by atoms with Crippen molar-refractivity contribution >= 4 is 16.8 Å². The van der Waals surface area contributed by atoms with E-state index in [2.05, 4.69) is 15.2 Å². The predicted octanol–water partition coefficient (Wildman–Crippen LogP) is 1.76. The van der Waals surface area contributed by atoms with Gasteiger partial charge in [0.1, 0.15) is 0 Å². The molecule has 0 spiro atoms. The Morgan fingerprint density at radius 3 is 3.00 bits per heavy atom. The molecule has 0 aliphatic heterocycles. The van der Waals surface area contributed by atoms with Gasteiger partial charge in [0, 0.05) is 16.5 Å². The molecule has 0 fully saturated rings. The van der Waals surface area contributed by atoms with E-state index in [0.717, 1.165) is 40.7 Å². The van der Waals surface area contributed by atoms with Crippen LogP contribution in [0.4, 0.5) is 0 Å². The van der Waals surface area contributed by atoms with Gasteiger partial charge in [-0.3, -0.25) is 9.89 Å². The number of carbonyl (C=O) groups excluding carboxylic acids is 1. The second-order valence-corrected chi connectivity index (χ2v) is 4.84. The first-order chi connectivity index (χ1) is 9.25. The quantitative estimate of drug-likeness (QED) is 0.616. The Kier molecular flexibility index (Phi) is 1.90. The van der Waals surface area contributed by atoms with Crippen molar-refractivity contribution in [3.63, 3.8) is 0 Å². The van der Waals surface area contributed by atoms with Crippen LogP contribution in [-0.4, -0.2) is 21.1 Å². The first-order valence-corrected chi connectivity index (χ1v) is 6.21. The van der Waals surface area contributed by atoms with E-state index < -0.39 is 0 Å². The average molecular weight is 252 g/mol. The number of carbonyl (C=O) groups is 1. The Labute approximate surface area is 108 Å². The number of H-pyrrole nitrogens is 2. The molecule has 0 saturated carbocycles. The van der Waals surface area contributed by atoms with E-state index in [9.17, 15) is 4.79 Å². The maximum Gasteiger partial charge on any atom is 0.249 e. The molecule has 1 aliphatic rings. The van der Waals surface area contributed by atoms with Crippen molar-refractivity contribution in [2.24, 2.45) is 5.73 Å². The van der Waals surface area contributed by atoms with Crippen molar-refractivity contribution < 1.29 is 4.79 Å². The third-order valence-corrected chi connectivity index (χ3v) is 3.81. The van der Waals surface area contributed by atoms with Crippen molar-refractivity contribution in [3.05, 3.63) is 41.1 Å². The molecule has 4 N–H and O–H groups in total. The standard InChI is InChI=1S/C14H12N4O/c15-14(19)9-2-1-3-10-11(9)8-5-4-7-6-16-18-12(7)13(8)17-10/h1-3,6,17H,4-5H2,(H2,15,19)(H,16,18). The summed E-state index contributed by atoms with van der Waals surface area (Å²) in [5.41, 5.74) is 11.4. The maximum atomic E-state index is 11.6. The van der Waals surface area contributed by atoms with Crippen LogP contribution in [0, 0.1) is 0 Å². The number of nitrogens with one attached hydrogen (secondary N) is 2. The predicted molar refractivity (Wildman–Crippen MR) is 71.8 cm³/mol. The van der Waals surface area contributed by atoms with E-state index in [-0.39, 0.29) is 5.91 Å². The summed E-state index contributed by atoms with van der Waals surface area (Å²) in [6.45, 7) is 0. The second kappa shape index (κ2) is 3.47. The SMILES string of the molecule is NC(=O)c1cccc2[nH]c3c(c12)CCc1cn[nH]c1-3. The van der Waals surface area contributed by atoms with Crippen molar-refractivity contribution in [2.75, 3.05) is 0 Å². The van der Waals surface area contributed by atoms with Gasteiger partial charge in [0.25, 0.3) is 0 Å². The summed E-state index contributed by atoms with van der Waals surface area (Å²) in [5.74, 6) is -0.386. The Morgan fingerprint density at radius 1 is 1.26 bits per heavy atom. The highest BCUT2D eigenvalue weighted by atomic mass is 16.1. The fourth-order valence-electron chi connectivity index (χ4n) is 2.96. The number of amides is 1. The third-order valence-electron chi connectivity index (χ3n) is 3.81. The molecule has 2 heterocycles. The van der Waals surface area contributed by atoms with Gasteiger partial charge < -0.3 is 10.7 Å². The highest BCUT2D eigenvalue weighted by molar-refractivity contribution is 6.09. The van der Waals surface area contributed by atoms with Crippen LogP contribution in [0.3, 0.4) is 0 Å². The van der Waals surface area contributed by atoms with Gasteiger partial charge in [-0.25, -0.2) is 0 Å². The highest BCUT2D eigenvalue weighted by Gasteiger charge is 2.24. The zero-order valence-electron chi connectivity index (χ0n) is 10.2. The number of nitrogens with zero attached hydrogens (tertiary/aromatic N) is 1. The number of aromatic nitrogens is 3. The molecule has 1 aliphatic carbocycles. The molecule has 5 heteroatoms. The second-order valence-electron chi connectivity index (χ2n) is 4.84. The van der Waals surface area contributed by atoms with Crippen molar-refractivity contribution in [2.45, 2.75) is 12.8 Å². The van der Waals surface area contributed by atoms with Crippen LogP contribution < -0.4 is 5.73 Å². The zero-order chi connectivity index (χ0) is 13.0. The van der Waals surface area contributed by atoms with E-state index in [1.165, 1.54) is 5.56 Å². The minimum atomic E-state index is -0.386. The molecule has 4 rings (SSSR count). The number of hydrogen-bond donors (Lipinski definition) is 3. The first-order valence-electron chi connectivity index (χ1n) is 6.21. The summed E-state index contributed by atoms with van der Waals surface area (Å²) in [5, 5.41) is 8.07. The molecule has 19 heavy (non-hydrogen) atoms. The molecular formula is C14H12N4O. The summed E-state index contributed by atoms with van der Waals surface area (Å²) in [7, 11) is 0. The molecule has 5 nitrogen and oxygen atoms in total. The largest absolute Gasteiger partial charge is 0.366 e. The molecule has 0 bridgehead atoms. The van der Waals surface area contributed by atoms with Crippen LogP contribution in [0.5, 0.6) is 0 Å². The molecule has 0 atom stereocenters. The smallest absolute Gasteiger partial charge is 0.249 e. The van der Waals surface area contributed by atoms with Gasteiger partial charge >= 0.3 is 0 Å². The lowest BCUT2D eigenvalue weighted by atomic mass is 9.92. The normalized spacial score (nSPS) is 13.3. The fraction of sp³-hybridized carbons (Fsp3) is 0.143. The van der Waals surface area contributed by atoms with E-state index in [4.69, 9.17) is 5.73 Å². The molecule has 0 unspecified atom stereocenters. The monoisotopic (exact) mass is 252 g/mol. The molecule has 1 amide bonds.